The molecular weight excluding hydrogens is 236 g/mol. The number of likely N-dealkylation sites (N-methyl/N-ethyl adjacent to an activating group) is 1. The summed E-state index contributed by atoms with van der Waals surface area (Å²) in [6.07, 6.45) is 2.01. The van der Waals surface area contributed by atoms with E-state index >= 15 is 0 Å². The van der Waals surface area contributed by atoms with Crippen molar-refractivity contribution in [2.24, 2.45) is 5.10 Å². The number of hydrogen-bond acceptors (Lipinski definition) is 2. The summed E-state index contributed by atoms with van der Waals surface area (Å²) in [6.45, 7) is 6.54. The number of nitrogens with one attached hydrogen (secondary N) is 2. The molecule has 4 heteroatoms. The van der Waals surface area contributed by atoms with E-state index in [4.69, 9.17) is 0 Å². The van der Waals surface area contributed by atoms with Gasteiger partial charge in [-0.25, -0.2) is 0 Å². The Hall–Kier alpha value is -1.81. The third-order valence-corrected chi connectivity index (χ3v) is 3.89. The smallest absolute Gasteiger partial charge is 0.0964 e. The Kier molecular flexibility index (Phi) is 3.25. The topological polar surface area (TPSA) is 35.8 Å². The number of fused-ring (bicyclic) bond motifs is 1. The van der Waals surface area contributed by atoms with Gasteiger partial charge in [-0.2, -0.15) is 5.10 Å². The standard InChI is InChI=1S/C15H20N4/c1-12-14(13-5-3-4-6-15(13)17-12)11-16-19-9-7-18(2)8-10-19/h3-6,11,17H,7-10H2,1-2H3/p+1/b16-11+. The van der Waals surface area contributed by atoms with Crippen molar-refractivity contribution in [2.75, 3.05) is 33.2 Å². The van der Waals surface area contributed by atoms with Crippen molar-refractivity contribution in [3.8, 4) is 0 Å². The lowest BCUT2D eigenvalue weighted by Crippen LogP contribution is -3.11. The van der Waals surface area contributed by atoms with Crippen LogP contribution in [0.1, 0.15) is 11.3 Å². The summed E-state index contributed by atoms with van der Waals surface area (Å²) in [6, 6.07) is 8.39. The van der Waals surface area contributed by atoms with Crippen molar-refractivity contribution in [1.29, 1.82) is 0 Å². The Morgan fingerprint density at radius 1 is 1.26 bits per heavy atom. The fourth-order valence-corrected chi connectivity index (χ4v) is 2.60. The number of aromatic amines is 1. The molecule has 1 fully saturated rings. The zero-order valence-corrected chi connectivity index (χ0v) is 11.6. The minimum atomic E-state index is 1.05. The lowest BCUT2D eigenvalue weighted by Gasteiger charge is -2.27. The van der Waals surface area contributed by atoms with Gasteiger partial charge in [0.15, 0.2) is 0 Å². The van der Waals surface area contributed by atoms with Crippen LogP contribution in [-0.4, -0.2) is 49.4 Å². The van der Waals surface area contributed by atoms with Crippen LogP contribution >= 0.6 is 0 Å². The van der Waals surface area contributed by atoms with E-state index in [0.29, 0.717) is 0 Å². The fourth-order valence-electron chi connectivity index (χ4n) is 2.60. The molecule has 1 saturated heterocycles. The summed E-state index contributed by atoms with van der Waals surface area (Å²) in [5.41, 5.74) is 3.58. The van der Waals surface area contributed by atoms with Crippen molar-refractivity contribution in [1.82, 2.24) is 9.99 Å². The van der Waals surface area contributed by atoms with Gasteiger partial charge >= 0.3 is 0 Å². The molecule has 0 amide bonds. The van der Waals surface area contributed by atoms with Crippen molar-refractivity contribution < 1.29 is 4.90 Å². The third-order valence-electron chi connectivity index (χ3n) is 3.89. The van der Waals surface area contributed by atoms with Crippen molar-refractivity contribution in [3.05, 3.63) is 35.5 Å². The van der Waals surface area contributed by atoms with Crippen LogP contribution in [0.15, 0.2) is 29.4 Å². The Bertz CT molecular complexity index is 591. The van der Waals surface area contributed by atoms with E-state index in [1.54, 1.807) is 4.90 Å². The molecule has 2 N–H and O–H groups in total. The predicted molar refractivity (Wildman–Crippen MR) is 78.8 cm³/mol. The second kappa shape index (κ2) is 5.05. The van der Waals surface area contributed by atoms with Gasteiger partial charge in [-0.1, -0.05) is 18.2 Å². The molecule has 4 nitrogen and oxygen atoms in total. The van der Waals surface area contributed by atoms with Gasteiger partial charge in [0, 0.05) is 22.2 Å². The van der Waals surface area contributed by atoms with Gasteiger partial charge in [-0.3, -0.25) is 5.01 Å². The molecule has 1 aromatic heterocycles. The van der Waals surface area contributed by atoms with E-state index in [2.05, 4.69) is 53.3 Å². The first-order valence-corrected chi connectivity index (χ1v) is 6.91. The van der Waals surface area contributed by atoms with Gasteiger partial charge in [0.1, 0.15) is 0 Å². The van der Waals surface area contributed by atoms with Crippen LogP contribution in [0, 0.1) is 6.92 Å². The maximum atomic E-state index is 4.65. The number of hydrazone groups is 1. The molecule has 100 valence electrons. The molecule has 3 rings (SSSR count). The largest absolute Gasteiger partial charge is 0.358 e. The average molecular weight is 257 g/mol. The first-order chi connectivity index (χ1) is 9.24. The number of benzene rings is 1. The van der Waals surface area contributed by atoms with Gasteiger partial charge in [-0.05, 0) is 13.0 Å². The predicted octanol–water partition coefficient (Wildman–Crippen LogP) is 0.641. The van der Waals surface area contributed by atoms with Crippen LogP contribution in [0.3, 0.4) is 0 Å². The Morgan fingerprint density at radius 3 is 2.79 bits per heavy atom. The summed E-state index contributed by atoms with van der Waals surface area (Å²) < 4.78 is 0. The lowest BCUT2D eigenvalue weighted by atomic mass is 10.1. The van der Waals surface area contributed by atoms with Gasteiger partial charge in [0.25, 0.3) is 0 Å². The van der Waals surface area contributed by atoms with E-state index < -0.39 is 0 Å². The number of aromatic nitrogens is 1. The number of quaternary nitrogens is 1. The summed E-state index contributed by atoms with van der Waals surface area (Å²) in [5, 5.41) is 8.07. The Balaban J connectivity index is 1.83. The monoisotopic (exact) mass is 257 g/mol. The van der Waals surface area contributed by atoms with E-state index in [0.717, 1.165) is 13.1 Å². The number of hydrogen-bond donors (Lipinski definition) is 2. The highest BCUT2D eigenvalue weighted by Gasteiger charge is 2.14. The summed E-state index contributed by atoms with van der Waals surface area (Å²) >= 11 is 0. The fraction of sp³-hybridized carbons (Fsp3) is 0.400. The molecule has 0 unspecified atom stereocenters. The van der Waals surface area contributed by atoms with Crippen molar-refractivity contribution >= 4 is 17.1 Å². The van der Waals surface area contributed by atoms with Crippen molar-refractivity contribution in [2.45, 2.75) is 6.92 Å². The van der Waals surface area contributed by atoms with Crippen LogP contribution < -0.4 is 4.90 Å². The SMILES string of the molecule is Cc1[nH]c2ccccc2c1/C=N/N1CC[NH+](C)CC1. The number of aryl methyl sites for hydroxylation is 1. The molecule has 1 aliphatic rings. The average Bonchev–Trinajstić information content (AvgIpc) is 2.74. The molecule has 2 aromatic rings. The van der Waals surface area contributed by atoms with Crippen molar-refractivity contribution in [3.63, 3.8) is 0 Å². The molecule has 2 heterocycles. The number of para-hydroxylation sites is 1. The third kappa shape index (κ3) is 2.49. The number of piperazine rings is 1. The molecular formula is C15H21N4+. The first-order valence-electron chi connectivity index (χ1n) is 6.91. The van der Waals surface area contributed by atoms with Gasteiger partial charge in [0.05, 0.1) is 39.4 Å². The zero-order chi connectivity index (χ0) is 13.2. The summed E-state index contributed by atoms with van der Waals surface area (Å²) in [4.78, 5) is 5.00. The first kappa shape index (κ1) is 12.2. The number of rotatable bonds is 2. The van der Waals surface area contributed by atoms with Gasteiger partial charge in [-0.15, -0.1) is 0 Å². The minimum absolute atomic E-state index is 1.05. The second-order valence-electron chi connectivity index (χ2n) is 5.36. The molecule has 19 heavy (non-hydrogen) atoms. The second-order valence-corrected chi connectivity index (χ2v) is 5.36. The van der Waals surface area contributed by atoms with Gasteiger partial charge < -0.3 is 9.88 Å². The molecule has 0 atom stereocenters. The highest BCUT2D eigenvalue weighted by Crippen LogP contribution is 2.20. The normalized spacial score (nSPS) is 17.7. The molecule has 0 saturated carbocycles. The summed E-state index contributed by atoms with van der Waals surface area (Å²) in [5.74, 6) is 0. The van der Waals surface area contributed by atoms with E-state index in [-0.39, 0.29) is 0 Å². The highest BCUT2D eigenvalue weighted by atomic mass is 15.5. The number of H-pyrrole nitrogens is 1. The van der Waals surface area contributed by atoms with E-state index in [9.17, 15) is 0 Å². The molecule has 1 aliphatic heterocycles. The molecule has 1 aromatic carbocycles. The molecule has 0 spiro atoms. The number of nitrogens with zero attached hydrogens (tertiary/aromatic N) is 2. The van der Waals surface area contributed by atoms with Crippen LogP contribution in [0.4, 0.5) is 0 Å². The zero-order valence-electron chi connectivity index (χ0n) is 11.6. The Morgan fingerprint density at radius 2 is 2.00 bits per heavy atom. The molecule has 0 radical (unpaired) electrons. The Labute approximate surface area is 113 Å². The maximum absolute atomic E-state index is 4.65. The van der Waals surface area contributed by atoms with Crippen LogP contribution in [0.2, 0.25) is 0 Å². The summed E-state index contributed by atoms with van der Waals surface area (Å²) in [7, 11) is 2.24. The van der Waals surface area contributed by atoms with Crippen LogP contribution in [-0.2, 0) is 0 Å². The van der Waals surface area contributed by atoms with E-state index in [1.165, 1.54) is 35.2 Å². The maximum Gasteiger partial charge on any atom is 0.0964 e. The molecule has 0 aliphatic carbocycles. The minimum Gasteiger partial charge on any atom is -0.358 e. The van der Waals surface area contributed by atoms with Crippen LogP contribution in [0.25, 0.3) is 10.9 Å². The quantitative estimate of drug-likeness (QED) is 0.761. The lowest BCUT2D eigenvalue weighted by molar-refractivity contribution is -0.884. The highest BCUT2D eigenvalue weighted by molar-refractivity contribution is 6.00. The molecule has 0 bridgehead atoms. The van der Waals surface area contributed by atoms with E-state index in [1.807, 2.05) is 6.21 Å². The van der Waals surface area contributed by atoms with Crippen LogP contribution in [0.5, 0.6) is 0 Å². The van der Waals surface area contributed by atoms with Gasteiger partial charge in [0.2, 0.25) is 0 Å².